The lowest BCUT2D eigenvalue weighted by Gasteiger charge is -2.19. The first kappa shape index (κ1) is 14.1. The summed E-state index contributed by atoms with van der Waals surface area (Å²) in [5, 5.41) is 17.8. The van der Waals surface area contributed by atoms with Crippen molar-refractivity contribution in [1.82, 2.24) is 0 Å². The lowest BCUT2D eigenvalue weighted by molar-refractivity contribution is 0.545. The lowest BCUT2D eigenvalue weighted by Crippen LogP contribution is -2.11. The molecule has 0 unspecified atom stereocenters. The van der Waals surface area contributed by atoms with Gasteiger partial charge in [0.05, 0.1) is 0 Å². The van der Waals surface area contributed by atoms with Crippen LogP contribution in [-0.4, -0.2) is 0 Å². The van der Waals surface area contributed by atoms with Crippen LogP contribution in [-0.2, 0) is 0 Å². The van der Waals surface area contributed by atoms with Gasteiger partial charge in [-0.25, -0.2) is 8.78 Å². The fourth-order valence-electron chi connectivity index (χ4n) is 2.06. The molecular weight excluding hydrogens is 234 g/mol. The first-order chi connectivity index (χ1) is 8.36. The number of hydrogen-bond donors (Lipinski definition) is 0. The van der Waals surface area contributed by atoms with E-state index in [1.807, 2.05) is 0 Å². The van der Waals surface area contributed by atoms with Crippen LogP contribution in [0.25, 0.3) is 0 Å². The molecule has 0 radical (unpaired) electrons. The van der Waals surface area contributed by atoms with Crippen LogP contribution in [0, 0.1) is 34.3 Å². The van der Waals surface area contributed by atoms with E-state index in [1.54, 1.807) is 39.8 Å². The van der Waals surface area contributed by atoms with E-state index < -0.39 is 22.8 Å². The summed E-state index contributed by atoms with van der Waals surface area (Å²) in [7, 11) is 0. The van der Waals surface area contributed by atoms with Crippen molar-refractivity contribution in [2.45, 2.75) is 39.5 Å². The number of rotatable bonds is 2. The predicted molar refractivity (Wildman–Crippen MR) is 64.0 cm³/mol. The summed E-state index contributed by atoms with van der Waals surface area (Å²) in [6, 6.07) is 3.16. The Morgan fingerprint density at radius 1 is 0.778 bits per heavy atom. The van der Waals surface area contributed by atoms with Crippen molar-refractivity contribution in [3.05, 3.63) is 33.9 Å². The van der Waals surface area contributed by atoms with E-state index in [1.165, 1.54) is 0 Å². The maximum atomic E-state index is 14.2. The van der Waals surface area contributed by atoms with Gasteiger partial charge in [-0.3, -0.25) is 0 Å². The molecule has 0 fully saturated rings. The van der Waals surface area contributed by atoms with Gasteiger partial charge in [0.25, 0.3) is 0 Å². The molecule has 1 aromatic rings. The minimum atomic E-state index is -0.769. The Balaban J connectivity index is 3.90. The quantitative estimate of drug-likeness (QED) is 0.795. The summed E-state index contributed by atoms with van der Waals surface area (Å²) in [5.41, 5.74) is -0.609. The van der Waals surface area contributed by atoms with Crippen molar-refractivity contribution in [3.8, 4) is 12.1 Å². The van der Waals surface area contributed by atoms with Gasteiger partial charge < -0.3 is 0 Å². The molecular formula is C14H14F2N2. The van der Waals surface area contributed by atoms with Gasteiger partial charge >= 0.3 is 0 Å². The highest BCUT2D eigenvalue weighted by Crippen LogP contribution is 2.34. The largest absolute Gasteiger partial charge is 0.205 e. The van der Waals surface area contributed by atoms with Gasteiger partial charge in [-0.1, -0.05) is 27.7 Å². The highest BCUT2D eigenvalue weighted by atomic mass is 19.1. The van der Waals surface area contributed by atoms with Crippen LogP contribution >= 0.6 is 0 Å². The second kappa shape index (κ2) is 5.14. The van der Waals surface area contributed by atoms with Gasteiger partial charge in [0.1, 0.15) is 34.9 Å². The molecule has 18 heavy (non-hydrogen) atoms. The van der Waals surface area contributed by atoms with E-state index in [9.17, 15) is 8.78 Å². The number of benzene rings is 1. The van der Waals surface area contributed by atoms with Crippen LogP contribution in [0.2, 0.25) is 0 Å². The van der Waals surface area contributed by atoms with Crippen LogP contribution in [0.15, 0.2) is 0 Å². The maximum Gasteiger partial charge on any atom is 0.146 e. The SMILES string of the molecule is CC(C)c1c(F)c(C#N)c(C#N)c(F)c1C(C)C. The number of hydrogen-bond acceptors (Lipinski definition) is 2. The zero-order valence-electron chi connectivity index (χ0n) is 10.8. The van der Waals surface area contributed by atoms with Crippen molar-refractivity contribution < 1.29 is 8.78 Å². The molecule has 0 aromatic heterocycles. The third kappa shape index (κ3) is 2.07. The average Bonchev–Trinajstić information content (AvgIpc) is 2.29. The molecule has 0 spiro atoms. The van der Waals surface area contributed by atoms with E-state index in [-0.39, 0.29) is 23.0 Å². The van der Waals surface area contributed by atoms with Crippen molar-refractivity contribution in [1.29, 1.82) is 10.5 Å². The van der Waals surface area contributed by atoms with Crippen LogP contribution < -0.4 is 0 Å². The average molecular weight is 248 g/mol. The monoisotopic (exact) mass is 248 g/mol. The van der Waals surface area contributed by atoms with Gasteiger partial charge in [0.15, 0.2) is 0 Å². The van der Waals surface area contributed by atoms with Gasteiger partial charge in [-0.05, 0) is 23.0 Å². The fourth-order valence-corrected chi connectivity index (χ4v) is 2.06. The molecule has 0 amide bonds. The third-order valence-electron chi connectivity index (χ3n) is 2.83. The zero-order chi connectivity index (χ0) is 14.0. The van der Waals surface area contributed by atoms with Crippen LogP contribution in [0.1, 0.15) is 61.8 Å². The van der Waals surface area contributed by atoms with E-state index >= 15 is 0 Å². The van der Waals surface area contributed by atoms with Gasteiger partial charge in [0, 0.05) is 0 Å². The standard InChI is InChI=1S/C14H14F2N2/c1-7(2)11-12(8(3)4)14(16)10(6-18)9(5-17)13(11)15/h7-8H,1-4H3. The molecule has 0 heterocycles. The van der Waals surface area contributed by atoms with Gasteiger partial charge in [0.2, 0.25) is 0 Å². The Kier molecular flexibility index (Phi) is 4.03. The van der Waals surface area contributed by atoms with E-state index in [0.717, 1.165) is 0 Å². The summed E-state index contributed by atoms with van der Waals surface area (Å²) in [4.78, 5) is 0. The van der Waals surface area contributed by atoms with E-state index in [0.29, 0.717) is 0 Å². The molecule has 2 nitrogen and oxygen atoms in total. The topological polar surface area (TPSA) is 47.6 Å². The summed E-state index contributed by atoms with van der Waals surface area (Å²) in [6.07, 6.45) is 0. The fraction of sp³-hybridized carbons (Fsp3) is 0.429. The highest BCUT2D eigenvalue weighted by molar-refractivity contribution is 5.54. The molecule has 0 bridgehead atoms. The molecule has 1 aromatic carbocycles. The summed E-state index contributed by atoms with van der Waals surface area (Å²) < 4.78 is 28.5. The lowest BCUT2D eigenvalue weighted by atomic mass is 9.86. The first-order valence-corrected chi connectivity index (χ1v) is 5.71. The Morgan fingerprint density at radius 3 is 1.22 bits per heavy atom. The normalized spacial score (nSPS) is 10.6. The molecule has 94 valence electrons. The van der Waals surface area contributed by atoms with Crippen molar-refractivity contribution >= 4 is 0 Å². The molecule has 0 N–H and O–H groups in total. The Hall–Kier alpha value is -1.94. The van der Waals surface area contributed by atoms with Crippen LogP contribution in [0.4, 0.5) is 8.78 Å². The molecule has 0 aliphatic rings. The predicted octanol–water partition coefficient (Wildman–Crippen LogP) is 3.95. The molecule has 0 saturated heterocycles. The van der Waals surface area contributed by atoms with Gasteiger partial charge in [-0.2, -0.15) is 10.5 Å². The van der Waals surface area contributed by atoms with E-state index in [2.05, 4.69) is 0 Å². The van der Waals surface area contributed by atoms with Crippen molar-refractivity contribution in [2.24, 2.45) is 0 Å². The molecule has 4 heteroatoms. The van der Waals surface area contributed by atoms with Crippen molar-refractivity contribution in [2.75, 3.05) is 0 Å². The number of nitrogens with zero attached hydrogens (tertiary/aromatic N) is 2. The summed E-state index contributed by atoms with van der Waals surface area (Å²) in [6.45, 7) is 6.93. The number of nitriles is 2. The summed E-state index contributed by atoms with van der Waals surface area (Å²) >= 11 is 0. The number of halogens is 2. The smallest absolute Gasteiger partial charge is 0.146 e. The van der Waals surface area contributed by atoms with E-state index in [4.69, 9.17) is 10.5 Å². The third-order valence-corrected chi connectivity index (χ3v) is 2.83. The minimum absolute atomic E-state index is 0.193. The molecule has 0 saturated carbocycles. The van der Waals surface area contributed by atoms with Crippen molar-refractivity contribution in [3.63, 3.8) is 0 Å². The Bertz CT molecular complexity index is 510. The minimum Gasteiger partial charge on any atom is -0.205 e. The summed E-state index contributed by atoms with van der Waals surface area (Å²) in [5.74, 6) is -2.04. The van der Waals surface area contributed by atoms with Crippen LogP contribution in [0.3, 0.4) is 0 Å². The van der Waals surface area contributed by atoms with Gasteiger partial charge in [-0.15, -0.1) is 0 Å². The molecule has 0 aliphatic heterocycles. The molecule has 0 atom stereocenters. The van der Waals surface area contributed by atoms with Crippen LogP contribution in [0.5, 0.6) is 0 Å². The second-order valence-corrected chi connectivity index (χ2v) is 4.74. The molecule has 1 rings (SSSR count). The zero-order valence-corrected chi connectivity index (χ0v) is 10.8. The Morgan fingerprint density at radius 2 is 1.06 bits per heavy atom. The molecule has 0 aliphatic carbocycles. The Labute approximate surface area is 105 Å². The second-order valence-electron chi connectivity index (χ2n) is 4.74. The first-order valence-electron chi connectivity index (χ1n) is 5.71. The maximum absolute atomic E-state index is 14.2. The highest BCUT2D eigenvalue weighted by Gasteiger charge is 2.27.